The van der Waals surface area contributed by atoms with Crippen molar-refractivity contribution in [1.82, 2.24) is 4.98 Å². The Morgan fingerprint density at radius 3 is 2.25 bits per heavy atom. The first kappa shape index (κ1) is 23.6. The molecule has 3 aromatic rings. The van der Waals surface area contributed by atoms with E-state index in [0.717, 1.165) is 23.2 Å². The molecule has 0 amide bonds. The molecule has 4 heteroatoms. The van der Waals surface area contributed by atoms with Crippen molar-refractivity contribution >= 4 is 5.97 Å². The normalized spacial score (nSPS) is 10.8. The number of carbonyl (C=O) groups excluding carboxylic acids is 1. The third-order valence-corrected chi connectivity index (χ3v) is 5.67. The van der Waals surface area contributed by atoms with Crippen LogP contribution in [-0.2, 0) is 12.8 Å². The van der Waals surface area contributed by atoms with Crippen molar-refractivity contribution in [2.45, 2.75) is 65.2 Å². The number of carbonyl (C=O) groups is 1. The topological polar surface area (TPSA) is 39.2 Å². The second-order valence-electron chi connectivity index (χ2n) is 8.15. The van der Waals surface area contributed by atoms with Crippen LogP contribution in [-0.4, -0.2) is 11.0 Å². The predicted octanol–water partition coefficient (Wildman–Crippen LogP) is 7.57. The third kappa shape index (κ3) is 6.74. The highest BCUT2D eigenvalue weighted by Gasteiger charge is 2.14. The summed E-state index contributed by atoms with van der Waals surface area (Å²) in [4.78, 5) is 16.9. The van der Waals surface area contributed by atoms with Gasteiger partial charge in [-0.05, 0) is 72.9 Å². The molecule has 32 heavy (non-hydrogen) atoms. The van der Waals surface area contributed by atoms with Gasteiger partial charge in [0.2, 0.25) is 0 Å². The van der Waals surface area contributed by atoms with E-state index in [2.05, 4.69) is 18.0 Å². The van der Waals surface area contributed by atoms with E-state index >= 15 is 0 Å². The van der Waals surface area contributed by atoms with Crippen LogP contribution in [0.25, 0.3) is 11.3 Å². The Kier molecular flexibility index (Phi) is 8.97. The molecular weight excluding hydrogens is 401 g/mol. The standard InChI is InChI=1S/C28H32FNO2/c1-3-5-6-7-8-9-10-22-12-18-27(30-20-22)23-13-15-24(16-14-23)32-28(31)25-17-11-21(4-2)19-26(25)29/h11-20H,3-10H2,1-2H3. The maximum Gasteiger partial charge on any atom is 0.346 e. The minimum Gasteiger partial charge on any atom is -0.423 e. The first-order valence-corrected chi connectivity index (χ1v) is 11.7. The van der Waals surface area contributed by atoms with E-state index < -0.39 is 11.8 Å². The number of aromatic nitrogens is 1. The zero-order valence-corrected chi connectivity index (χ0v) is 19.1. The van der Waals surface area contributed by atoms with Gasteiger partial charge in [-0.1, -0.05) is 58.1 Å². The number of nitrogens with zero attached hydrogens (tertiary/aromatic N) is 1. The zero-order chi connectivity index (χ0) is 22.8. The van der Waals surface area contributed by atoms with Gasteiger partial charge in [0, 0.05) is 11.8 Å². The second-order valence-corrected chi connectivity index (χ2v) is 8.15. The van der Waals surface area contributed by atoms with Gasteiger partial charge >= 0.3 is 5.97 Å². The lowest BCUT2D eigenvalue weighted by molar-refractivity contribution is 0.0730. The van der Waals surface area contributed by atoms with Crippen molar-refractivity contribution in [3.8, 4) is 17.0 Å². The summed E-state index contributed by atoms with van der Waals surface area (Å²) in [6, 6.07) is 15.9. The average Bonchev–Trinajstić information content (AvgIpc) is 2.82. The summed E-state index contributed by atoms with van der Waals surface area (Å²) in [5, 5.41) is 0. The molecule has 0 radical (unpaired) electrons. The molecule has 1 heterocycles. The third-order valence-electron chi connectivity index (χ3n) is 5.67. The van der Waals surface area contributed by atoms with Gasteiger partial charge in [0.1, 0.15) is 11.6 Å². The van der Waals surface area contributed by atoms with Crippen LogP contribution in [0.3, 0.4) is 0 Å². The van der Waals surface area contributed by atoms with Gasteiger partial charge in [-0.2, -0.15) is 0 Å². The van der Waals surface area contributed by atoms with Crippen LogP contribution in [0.1, 0.15) is 73.9 Å². The monoisotopic (exact) mass is 433 g/mol. The molecule has 0 aliphatic heterocycles. The fourth-order valence-electron chi connectivity index (χ4n) is 3.65. The Labute approximate surface area is 190 Å². The number of hydrogen-bond donors (Lipinski definition) is 0. The summed E-state index contributed by atoms with van der Waals surface area (Å²) in [5.41, 5.74) is 3.85. The van der Waals surface area contributed by atoms with E-state index in [1.165, 1.54) is 56.2 Å². The SMILES string of the molecule is CCCCCCCCc1ccc(-c2ccc(OC(=O)c3ccc(CC)cc3F)cc2)nc1. The smallest absolute Gasteiger partial charge is 0.346 e. The lowest BCUT2D eigenvalue weighted by Crippen LogP contribution is -2.11. The van der Waals surface area contributed by atoms with Crippen molar-refractivity contribution in [1.29, 1.82) is 0 Å². The summed E-state index contributed by atoms with van der Waals surface area (Å²) in [7, 11) is 0. The number of unbranched alkanes of at least 4 members (excludes halogenated alkanes) is 5. The minimum atomic E-state index is -0.699. The molecule has 0 atom stereocenters. The van der Waals surface area contributed by atoms with Gasteiger partial charge in [0.25, 0.3) is 0 Å². The van der Waals surface area contributed by atoms with Gasteiger partial charge in [-0.3, -0.25) is 4.98 Å². The molecule has 0 unspecified atom stereocenters. The molecule has 0 saturated heterocycles. The van der Waals surface area contributed by atoms with Crippen LogP contribution in [0.15, 0.2) is 60.8 Å². The molecule has 0 saturated carbocycles. The Morgan fingerprint density at radius 1 is 0.875 bits per heavy atom. The largest absolute Gasteiger partial charge is 0.423 e. The number of halogens is 1. The Bertz CT molecular complexity index is 997. The number of rotatable bonds is 11. The van der Waals surface area contributed by atoms with E-state index in [9.17, 15) is 9.18 Å². The molecule has 3 nitrogen and oxygen atoms in total. The molecule has 1 aromatic heterocycles. The van der Waals surface area contributed by atoms with Crippen LogP contribution >= 0.6 is 0 Å². The Morgan fingerprint density at radius 2 is 1.59 bits per heavy atom. The van der Waals surface area contributed by atoms with Gasteiger partial charge in [-0.15, -0.1) is 0 Å². The minimum absolute atomic E-state index is 0.0612. The first-order valence-electron chi connectivity index (χ1n) is 11.7. The van der Waals surface area contributed by atoms with Crippen LogP contribution in [0.4, 0.5) is 4.39 Å². The number of hydrogen-bond acceptors (Lipinski definition) is 3. The number of benzene rings is 2. The fraction of sp³-hybridized carbons (Fsp3) is 0.357. The lowest BCUT2D eigenvalue weighted by atomic mass is 10.1. The van der Waals surface area contributed by atoms with Crippen LogP contribution in [0.2, 0.25) is 0 Å². The van der Waals surface area contributed by atoms with E-state index in [4.69, 9.17) is 4.74 Å². The fourth-order valence-corrected chi connectivity index (χ4v) is 3.65. The molecule has 0 aliphatic carbocycles. The summed E-state index contributed by atoms with van der Waals surface area (Å²) >= 11 is 0. The number of ether oxygens (including phenoxy) is 1. The molecule has 3 rings (SSSR count). The van der Waals surface area contributed by atoms with E-state index in [-0.39, 0.29) is 5.56 Å². The van der Waals surface area contributed by atoms with Gasteiger partial charge in [0.05, 0.1) is 11.3 Å². The summed E-state index contributed by atoms with van der Waals surface area (Å²) in [6.45, 7) is 4.17. The van der Waals surface area contributed by atoms with Crippen molar-refractivity contribution in [2.75, 3.05) is 0 Å². The van der Waals surface area contributed by atoms with Crippen molar-refractivity contribution in [3.63, 3.8) is 0 Å². The first-order chi connectivity index (χ1) is 15.6. The number of aryl methyl sites for hydroxylation is 2. The van der Waals surface area contributed by atoms with Gasteiger partial charge in [0.15, 0.2) is 0 Å². The highest BCUT2D eigenvalue weighted by Crippen LogP contribution is 2.23. The highest BCUT2D eigenvalue weighted by atomic mass is 19.1. The Hall–Kier alpha value is -3.01. The van der Waals surface area contributed by atoms with E-state index in [0.29, 0.717) is 12.2 Å². The molecule has 0 spiro atoms. The van der Waals surface area contributed by atoms with Gasteiger partial charge < -0.3 is 4.74 Å². The molecule has 0 aliphatic rings. The predicted molar refractivity (Wildman–Crippen MR) is 127 cm³/mol. The molecular formula is C28H32FNO2. The maximum atomic E-state index is 14.1. The molecule has 0 bridgehead atoms. The van der Waals surface area contributed by atoms with Gasteiger partial charge in [-0.25, -0.2) is 9.18 Å². The number of pyridine rings is 1. The van der Waals surface area contributed by atoms with Crippen LogP contribution in [0.5, 0.6) is 5.75 Å². The van der Waals surface area contributed by atoms with Crippen molar-refractivity contribution in [2.24, 2.45) is 0 Å². The Balaban J connectivity index is 1.54. The summed E-state index contributed by atoms with van der Waals surface area (Å²) < 4.78 is 19.5. The summed E-state index contributed by atoms with van der Waals surface area (Å²) in [5.74, 6) is -0.885. The quantitative estimate of drug-likeness (QED) is 0.178. The molecule has 0 N–H and O–H groups in total. The number of esters is 1. The van der Waals surface area contributed by atoms with E-state index in [1.807, 2.05) is 31.3 Å². The average molecular weight is 434 g/mol. The summed E-state index contributed by atoms with van der Waals surface area (Å²) in [6.07, 6.45) is 11.4. The lowest BCUT2D eigenvalue weighted by Gasteiger charge is -2.08. The second kappa shape index (κ2) is 12.1. The van der Waals surface area contributed by atoms with Crippen LogP contribution < -0.4 is 4.74 Å². The van der Waals surface area contributed by atoms with Crippen LogP contribution in [0, 0.1) is 5.82 Å². The zero-order valence-electron chi connectivity index (χ0n) is 19.1. The van der Waals surface area contributed by atoms with E-state index in [1.54, 1.807) is 18.2 Å². The molecule has 0 fully saturated rings. The maximum absolute atomic E-state index is 14.1. The van der Waals surface area contributed by atoms with Crippen molar-refractivity contribution in [3.05, 3.63) is 83.3 Å². The highest BCUT2D eigenvalue weighted by molar-refractivity contribution is 5.91. The molecule has 168 valence electrons. The molecule has 2 aromatic carbocycles. The van der Waals surface area contributed by atoms with Crippen molar-refractivity contribution < 1.29 is 13.9 Å².